The van der Waals surface area contributed by atoms with E-state index >= 15 is 0 Å². The first kappa shape index (κ1) is 11.7. The summed E-state index contributed by atoms with van der Waals surface area (Å²) < 4.78 is 26.7. The van der Waals surface area contributed by atoms with Crippen LogP contribution in [0.15, 0.2) is 18.2 Å². The van der Waals surface area contributed by atoms with Gasteiger partial charge in [-0.1, -0.05) is 0 Å². The maximum Gasteiger partial charge on any atom is 0.185 e. The third-order valence-corrected chi connectivity index (χ3v) is 2.43. The highest BCUT2D eigenvalue weighted by Crippen LogP contribution is 2.26. The standard InChI is InChI=1S/C12H12F2N2O/c1-7-6-10(15-4-5-17)8-2-3-9(13)11(14)12(8)16-7/h2-3,6,17H,4-5H2,1H3,(H,15,16). The molecule has 90 valence electrons. The minimum Gasteiger partial charge on any atom is -0.395 e. The van der Waals surface area contributed by atoms with Gasteiger partial charge >= 0.3 is 0 Å². The second kappa shape index (κ2) is 4.63. The molecule has 2 N–H and O–H groups in total. The SMILES string of the molecule is Cc1cc(NCCO)c2ccc(F)c(F)c2n1. The minimum absolute atomic E-state index is 0.00504. The van der Waals surface area contributed by atoms with E-state index in [1.54, 1.807) is 13.0 Å². The molecule has 0 aliphatic heterocycles. The number of benzene rings is 1. The molecule has 0 saturated heterocycles. The number of aromatic nitrogens is 1. The fraction of sp³-hybridized carbons (Fsp3) is 0.250. The lowest BCUT2D eigenvalue weighted by Gasteiger charge is -2.10. The van der Waals surface area contributed by atoms with Gasteiger partial charge in [0.1, 0.15) is 5.52 Å². The predicted molar refractivity (Wildman–Crippen MR) is 62.0 cm³/mol. The highest BCUT2D eigenvalue weighted by molar-refractivity contribution is 5.91. The first-order chi connectivity index (χ1) is 8.13. The zero-order chi connectivity index (χ0) is 12.4. The summed E-state index contributed by atoms with van der Waals surface area (Å²) in [5.41, 5.74) is 1.23. The van der Waals surface area contributed by atoms with Crippen LogP contribution in [-0.2, 0) is 0 Å². The van der Waals surface area contributed by atoms with Crippen molar-refractivity contribution in [1.82, 2.24) is 4.98 Å². The molecule has 2 rings (SSSR count). The van der Waals surface area contributed by atoms with Gasteiger partial charge in [-0.3, -0.25) is 0 Å². The topological polar surface area (TPSA) is 45.1 Å². The van der Waals surface area contributed by atoms with Gasteiger partial charge in [0.2, 0.25) is 0 Å². The first-order valence-corrected chi connectivity index (χ1v) is 5.23. The normalized spacial score (nSPS) is 10.8. The van der Waals surface area contributed by atoms with Gasteiger partial charge in [-0.25, -0.2) is 13.8 Å². The fourth-order valence-corrected chi connectivity index (χ4v) is 1.70. The van der Waals surface area contributed by atoms with Crippen molar-refractivity contribution in [3.8, 4) is 0 Å². The van der Waals surface area contributed by atoms with Crippen molar-refractivity contribution in [2.45, 2.75) is 6.92 Å². The Balaban J connectivity index is 2.64. The molecule has 0 aliphatic rings. The molecule has 0 aliphatic carbocycles. The average Bonchev–Trinajstić information content (AvgIpc) is 2.31. The second-order valence-electron chi connectivity index (χ2n) is 3.72. The molecule has 0 spiro atoms. The number of nitrogens with zero attached hydrogens (tertiary/aromatic N) is 1. The minimum atomic E-state index is -0.946. The zero-order valence-electron chi connectivity index (χ0n) is 9.30. The summed E-state index contributed by atoms with van der Waals surface area (Å²) in [5.74, 6) is -1.86. The number of rotatable bonds is 3. The Morgan fingerprint density at radius 2 is 2.12 bits per heavy atom. The third-order valence-electron chi connectivity index (χ3n) is 2.43. The van der Waals surface area contributed by atoms with Crippen LogP contribution in [0.25, 0.3) is 10.9 Å². The van der Waals surface area contributed by atoms with E-state index in [0.717, 1.165) is 6.07 Å². The second-order valence-corrected chi connectivity index (χ2v) is 3.72. The number of nitrogens with one attached hydrogen (secondary N) is 1. The van der Waals surface area contributed by atoms with Crippen LogP contribution in [0.5, 0.6) is 0 Å². The van der Waals surface area contributed by atoms with E-state index in [1.165, 1.54) is 6.07 Å². The number of aryl methyl sites for hydroxylation is 1. The van der Waals surface area contributed by atoms with Crippen molar-refractivity contribution >= 4 is 16.6 Å². The Bertz CT molecular complexity index is 558. The molecule has 1 aromatic heterocycles. The number of pyridine rings is 1. The van der Waals surface area contributed by atoms with Gasteiger partial charge in [-0.05, 0) is 25.1 Å². The van der Waals surface area contributed by atoms with E-state index in [-0.39, 0.29) is 12.1 Å². The summed E-state index contributed by atoms with van der Waals surface area (Å²) >= 11 is 0. The first-order valence-electron chi connectivity index (χ1n) is 5.23. The van der Waals surface area contributed by atoms with Crippen LogP contribution < -0.4 is 5.32 Å². The molecule has 0 unspecified atom stereocenters. The molecule has 0 fully saturated rings. The molecular weight excluding hydrogens is 226 g/mol. The summed E-state index contributed by atoms with van der Waals surface area (Å²) in [4.78, 5) is 3.99. The number of anilines is 1. The average molecular weight is 238 g/mol. The molecular formula is C12H12F2N2O. The largest absolute Gasteiger partial charge is 0.395 e. The smallest absolute Gasteiger partial charge is 0.185 e. The molecule has 1 heterocycles. The quantitative estimate of drug-likeness (QED) is 0.861. The van der Waals surface area contributed by atoms with Crippen LogP contribution >= 0.6 is 0 Å². The van der Waals surface area contributed by atoms with Gasteiger partial charge in [-0.15, -0.1) is 0 Å². The summed E-state index contributed by atoms with van der Waals surface area (Å²) in [7, 11) is 0. The van der Waals surface area contributed by atoms with E-state index in [0.29, 0.717) is 23.3 Å². The van der Waals surface area contributed by atoms with Gasteiger partial charge in [0.05, 0.1) is 6.61 Å². The highest BCUT2D eigenvalue weighted by Gasteiger charge is 2.11. The summed E-state index contributed by atoms with van der Waals surface area (Å²) in [6.45, 7) is 2.01. The Hall–Kier alpha value is -1.75. The fourth-order valence-electron chi connectivity index (χ4n) is 1.70. The lowest BCUT2D eigenvalue weighted by molar-refractivity contribution is 0.311. The van der Waals surface area contributed by atoms with E-state index in [1.807, 2.05) is 0 Å². The molecule has 0 amide bonds. The molecule has 5 heteroatoms. The van der Waals surface area contributed by atoms with Crippen molar-refractivity contribution in [2.24, 2.45) is 0 Å². The van der Waals surface area contributed by atoms with E-state index in [4.69, 9.17) is 5.11 Å². The van der Waals surface area contributed by atoms with Gasteiger partial charge in [0.15, 0.2) is 11.6 Å². The molecule has 0 atom stereocenters. The Morgan fingerprint density at radius 3 is 2.82 bits per heavy atom. The number of aliphatic hydroxyl groups is 1. The monoisotopic (exact) mass is 238 g/mol. The van der Waals surface area contributed by atoms with E-state index in [2.05, 4.69) is 10.3 Å². The number of halogens is 2. The van der Waals surface area contributed by atoms with Crippen molar-refractivity contribution < 1.29 is 13.9 Å². The maximum atomic E-state index is 13.6. The number of hydrogen-bond acceptors (Lipinski definition) is 3. The van der Waals surface area contributed by atoms with Crippen molar-refractivity contribution in [3.63, 3.8) is 0 Å². The summed E-state index contributed by atoms with van der Waals surface area (Å²) in [6.07, 6.45) is 0. The highest BCUT2D eigenvalue weighted by atomic mass is 19.2. The van der Waals surface area contributed by atoms with Gasteiger partial charge in [0.25, 0.3) is 0 Å². The molecule has 1 aromatic carbocycles. The van der Waals surface area contributed by atoms with E-state index in [9.17, 15) is 8.78 Å². The van der Waals surface area contributed by atoms with Crippen LogP contribution in [-0.4, -0.2) is 23.2 Å². The van der Waals surface area contributed by atoms with Crippen molar-refractivity contribution in [2.75, 3.05) is 18.5 Å². The van der Waals surface area contributed by atoms with Crippen LogP contribution in [0, 0.1) is 18.6 Å². The van der Waals surface area contributed by atoms with Crippen LogP contribution in [0.4, 0.5) is 14.5 Å². The molecule has 0 radical (unpaired) electrons. The Labute approximate surface area is 97.1 Å². The van der Waals surface area contributed by atoms with E-state index < -0.39 is 11.6 Å². The summed E-state index contributed by atoms with van der Waals surface area (Å²) in [6, 6.07) is 4.27. The Kier molecular flexibility index (Phi) is 3.19. The zero-order valence-corrected chi connectivity index (χ0v) is 9.30. The predicted octanol–water partition coefficient (Wildman–Crippen LogP) is 2.23. The van der Waals surface area contributed by atoms with Gasteiger partial charge in [-0.2, -0.15) is 0 Å². The summed E-state index contributed by atoms with van der Waals surface area (Å²) in [5, 5.41) is 12.2. The number of fused-ring (bicyclic) bond motifs is 1. The molecule has 0 saturated carbocycles. The Morgan fingerprint density at radius 1 is 1.35 bits per heavy atom. The number of hydrogen-bond donors (Lipinski definition) is 2. The lowest BCUT2D eigenvalue weighted by atomic mass is 10.1. The van der Waals surface area contributed by atoms with Crippen LogP contribution in [0.3, 0.4) is 0 Å². The number of aliphatic hydroxyl groups excluding tert-OH is 1. The van der Waals surface area contributed by atoms with Crippen molar-refractivity contribution in [3.05, 3.63) is 35.5 Å². The van der Waals surface area contributed by atoms with Crippen LogP contribution in [0.1, 0.15) is 5.69 Å². The molecule has 17 heavy (non-hydrogen) atoms. The molecule has 3 nitrogen and oxygen atoms in total. The van der Waals surface area contributed by atoms with Crippen LogP contribution in [0.2, 0.25) is 0 Å². The molecule has 2 aromatic rings. The lowest BCUT2D eigenvalue weighted by Crippen LogP contribution is -2.07. The molecule has 0 bridgehead atoms. The van der Waals surface area contributed by atoms with Gasteiger partial charge in [0, 0.05) is 23.3 Å². The maximum absolute atomic E-state index is 13.6. The third kappa shape index (κ3) is 2.19. The van der Waals surface area contributed by atoms with Crippen molar-refractivity contribution in [1.29, 1.82) is 0 Å². The van der Waals surface area contributed by atoms with Gasteiger partial charge < -0.3 is 10.4 Å².